The highest BCUT2D eigenvalue weighted by molar-refractivity contribution is 8.18. The predicted molar refractivity (Wildman–Crippen MR) is 92.3 cm³/mol. The average Bonchev–Trinajstić information content (AvgIpc) is 3.01. The number of halogens is 1. The highest BCUT2D eigenvalue weighted by atomic mass is 32.2. The van der Waals surface area contributed by atoms with Crippen LogP contribution in [0, 0.1) is 19.7 Å². The maximum Gasteiger partial charge on any atom is 0.264 e. The van der Waals surface area contributed by atoms with E-state index in [0.717, 1.165) is 17.0 Å². The lowest BCUT2D eigenvalue weighted by atomic mass is 10.2. The fraction of sp³-hybridized carbons (Fsp3) is 0.176. The zero-order chi connectivity index (χ0) is 16.6. The van der Waals surface area contributed by atoms with E-state index in [9.17, 15) is 9.18 Å². The molecule has 2 heterocycles. The minimum Gasteiger partial charge on any atom is -0.315 e. The summed E-state index contributed by atoms with van der Waals surface area (Å²) in [6.45, 7) is 3.83. The lowest BCUT2D eigenvalue weighted by Crippen LogP contribution is -2.19. The third-order valence-electron chi connectivity index (χ3n) is 3.70. The van der Waals surface area contributed by atoms with E-state index in [4.69, 9.17) is 0 Å². The first-order valence-corrected chi connectivity index (χ1v) is 7.94. The van der Waals surface area contributed by atoms with E-state index < -0.39 is 0 Å². The molecule has 1 N–H and O–H groups in total. The highest BCUT2D eigenvalue weighted by Crippen LogP contribution is 2.29. The Kier molecular flexibility index (Phi) is 4.09. The number of amides is 1. The third-order valence-corrected chi connectivity index (χ3v) is 4.71. The van der Waals surface area contributed by atoms with E-state index >= 15 is 0 Å². The number of carbonyl (C=O) groups is 1. The SMILES string of the molecule is CN=C1NC(=O)C(=Cc2cc(C)n(-c3ccccc3F)c2C)S1. The Bertz CT molecular complexity index is 852. The van der Waals surface area contributed by atoms with Crippen LogP contribution in [0.25, 0.3) is 11.8 Å². The number of amidine groups is 1. The molecule has 1 aliphatic rings. The molecule has 0 unspecified atom stereocenters. The van der Waals surface area contributed by atoms with Crippen molar-refractivity contribution in [3.8, 4) is 5.69 Å². The molecule has 0 saturated carbocycles. The van der Waals surface area contributed by atoms with Crippen LogP contribution in [0.1, 0.15) is 17.0 Å². The summed E-state index contributed by atoms with van der Waals surface area (Å²) in [5.41, 5.74) is 3.19. The second-order valence-corrected chi connectivity index (χ2v) is 6.24. The van der Waals surface area contributed by atoms with Crippen molar-refractivity contribution in [1.29, 1.82) is 0 Å². The van der Waals surface area contributed by atoms with Gasteiger partial charge in [-0.3, -0.25) is 9.79 Å². The number of aromatic nitrogens is 1. The molecule has 1 saturated heterocycles. The maximum absolute atomic E-state index is 14.1. The van der Waals surface area contributed by atoms with Crippen LogP contribution < -0.4 is 5.32 Å². The number of nitrogens with one attached hydrogen (secondary N) is 1. The minimum atomic E-state index is -0.276. The van der Waals surface area contributed by atoms with E-state index in [2.05, 4.69) is 10.3 Å². The summed E-state index contributed by atoms with van der Waals surface area (Å²) < 4.78 is 15.9. The van der Waals surface area contributed by atoms with Crippen molar-refractivity contribution in [2.75, 3.05) is 7.05 Å². The topological polar surface area (TPSA) is 46.4 Å². The van der Waals surface area contributed by atoms with Gasteiger partial charge in [-0.05, 0) is 55.4 Å². The smallest absolute Gasteiger partial charge is 0.264 e. The third kappa shape index (κ3) is 2.82. The molecule has 0 atom stereocenters. The molecule has 1 aromatic heterocycles. The second kappa shape index (κ2) is 6.04. The molecule has 0 bridgehead atoms. The molecule has 1 amide bonds. The molecule has 1 aromatic carbocycles. The van der Waals surface area contributed by atoms with Crippen molar-refractivity contribution in [1.82, 2.24) is 9.88 Å². The van der Waals surface area contributed by atoms with Crippen molar-refractivity contribution in [3.63, 3.8) is 0 Å². The van der Waals surface area contributed by atoms with Crippen LogP contribution in [0.2, 0.25) is 0 Å². The zero-order valence-corrected chi connectivity index (χ0v) is 13.9. The first-order valence-electron chi connectivity index (χ1n) is 7.13. The van der Waals surface area contributed by atoms with Crippen LogP contribution in [0.5, 0.6) is 0 Å². The second-order valence-electron chi connectivity index (χ2n) is 5.21. The Labute approximate surface area is 138 Å². The standard InChI is InChI=1S/C17H16FN3OS/c1-10-8-12(9-15-16(22)20-17(19-3)23-15)11(2)21(10)14-7-5-4-6-13(14)18/h4-9H,1-3H3,(H,19,20,22). The molecule has 0 spiro atoms. The number of hydrogen-bond donors (Lipinski definition) is 1. The van der Waals surface area contributed by atoms with Crippen LogP contribution >= 0.6 is 11.8 Å². The van der Waals surface area contributed by atoms with Crippen molar-refractivity contribution in [2.24, 2.45) is 4.99 Å². The molecular weight excluding hydrogens is 313 g/mol. The Hall–Kier alpha value is -2.34. The first-order chi connectivity index (χ1) is 11.0. The normalized spacial score (nSPS) is 18.0. The molecule has 1 aliphatic heterocycles. The summed E-state index contributed by atoms with van der Waals surface area (Å²) in [6.07, 6.45) is 1.82. The van der Waals surface area contributed by atoms with Crippen LogP contribution in [-0.2, 0) is 4.79 Å². The van der Waals surface area contributed by atoms with Crippen molar-refractivity contribution in [3.05, 3.63) is 58.0 Å². The molecule has 23 heavy (non-hydrogen) atoms. The molecular formula is C17H16FN3OS. The van der Waals surface area contributed by atoms with E-state index in [1.807, 2.05) is 30.6 Å². The highest BCUT2D eigenvalue weighted by Gasteiger charge is 2.24. The van der Waals surface area contributed by atoms with Gasteiger partial charge in [0.1, 0.15) is 5.82 Å². The van der Waals surface area contributed by atoms with Crippen LogP contribution in [-0.4, -0.2) is 22.7 Å². The van der Waals surface area contributed by atoms with E-state index in [1.54, 1.807) is 25.2 Å². The van der Waals surface area contributed by atoms with Crippen LogP contribution in [0.3, 0.4) is 0 Å². The number of hydrogen-bond acceptors (Lipinski definition) is 3. The van der Waals surface area contributed by atoms with Gasteiger partial charge in [0.2, 0.25) is 0 Å². The number of aliphatic imine (C=N–C) groups is 1. The zero-order valence-electron chi connectivity index (χ0n) is 13.1. The molecule has 4 nitrogen and oxygen atoms in total. The van der Waals surface area contributed by atoms with E-state index in [-0.39, 0.29) is 11.7 Å². The lowest BCUT2D eigenvalue weighted by Gasteiger charge is -2.10. The summed E-state index contributed by atoms with van der Waals surface area (Å²) in [5, 5.41) is 3.28. The van der Waals surface area contributed by atoms with Crippen molar-refractivity contribution < 1.29 is 9.18 Å². The Morgan fingerprint density at radius 1 is 1.30 bits per heavy atom. The fourth-order valence-electron chi connectivity index (χ4n) is 2.61. The van der Waals surface area contributed by atoms with Crippen LogP contribution in [0.4, 0.5) is 4.39 Å². The summed E-state index contributed by atoms with van der Waals surface area (Å²) in [4.78, 5) is 16.5. The molecule has 2 aromatic rings. The Balaban J connectivity index is 2.06. The molecule has 6 heteroatoms. The monoisotopic (exact) mass is 329 g/mol. The molecule has 118 valence electrons. The summed E-state index contributed by atoms with van der Waals surface area (Å²) in [6, 6.07) is 8.60. The number of benzene rings is 1. The fourth-order valence-corrected chi connectivity index (χ4v) is 3.38. The quantitative estimate of drug-likeness (QED) is 0.858. The Morgan fingerprint density at radius 2 is 2.04 bits per heavy atom. The first kappa shape index (κ1) is 15.6. The van der Waals surface area contributed by atoms with Gasteiger partial charge in [-0.2, -0.15) is 0 Å². The number of nitrogens with zero attached hydrogens (tertiary/aromatic N) is 2. The van der Waals surface area contributed by atoms with Gasteiger partial charge >= 0.3 is 0 Å². The van der Waals surface area contributed by atoms with Gasteiger partial charge in [-0.25, -0.2) is 4.39 Å². The minimum absolute atomic E-state index is 0.161. The van der Waals surface area contributed by atoms with E-state index in [1.165, 1.54) is 17.8 Å². The van der Waals surface area contributed by atoms with Gasteiger partial charge < -0.3 is 9.88 Å². The van der Waals surface area contributed by atoms with Gasteiger partial charge in [0, 0.05) is 18.4 Å². The average molecular weight is 329 g/mol. The van der Waals surface area contributed by atoms with Crippen molar-refractivity contribution >= 4 is 28.9 Å². The lowest BCUT2D eigenvalue weighted by molar-refractivity contribution is -0.115. The molecule has 3 rings (SSSR count). The number of para-hydroxylation sites is 1. The predicted octanol–water partition coefficient (Wildman–Crippen LogP) is 3.42. The Morgan fingerprint density at radius 3 is 2.70 bits per heavy atom. The molecule has 0 radical (unpaired) electrons. The summed E-state index contributed by atoms with van der Waals surface area (Å²) >= 11 is 1.30. The summed E-state index contributed by atoms with van der Waals surface area (Å²) in [7, 11) is 1.63. The number of rotatable bonds is 2. The van der Waals surface area contributed by atoms with Crippen molar-refractivity contribution in [2.45, 2.75) is 13.8 Å². The maximum atomic E-state index is 14.1. The number of aryl methyl sites for hydroxylation is 1. The molecule has 0 aliphatic carbocycles. The van der Waals surface area contributed by atoms with Gasteiger partial charge in [-0.15, -0.1) is 0 Å². The van der Waals surface area contributed by atoms with E-state index in [0.29, 0.717) is 15.8 Å². The van der Waals surface area contributed by atoms with Crippen LogP contribution in [0.15, 0.2) is 40.2 Å². The van der Waals surface area contributed by atoms with Gasteiger partial charge in [0.25, 0.3) is 5.91 Å². The van der Waals surface area contributed by atoms with Gasteiger partial charge in [0.05, 0.1) is 10.6 Å². The largest absolute Gasteiger partial charge is 0.315 e. The van der Waals surface area contributed by atoms with Gasteiger partial charge in [0.15, 0.2) is 5.17 Å². The number of thioether (sulfide) groups is 1. The number of carbonyl (C=O) groups excluding carboxylic acids is 1. The van der Waals surface area contributed by atoms with Gasteiger partial charge in [-0.1, -0.05) is 12.1 Å². The summed E-state index contributed by atoms with van der Waals surface area (Å²) in [5.74, 6) is -0.437. The molecule has 1 fully saturated rings.